The molecule has 0 rings (SSSR count). The van der Waals surface area contributed by atoms with Crippen LogP contribution in [-0.2, 0) is 32.7 Å². The highest BCUT2D eigenvalue weighted by Crippen LogP contribution is 2.43. The highest BCUT2D eigenvalue weighted by molar-refractivity contribution is 7.47. The number of rotatable bonds is 29. The summed E-state index contributed by atoms with van der Waals surface area (Å²) in [5.41, 5.74) is 0. The quantitative estimate of drug-likeness (QED) is 0.0285. The zero-order valence-electron chi connectivity index (χ0n) is 28.4. The van der Waals surface area contributed by atoms with E-state index in [1.165, 1.54) is 25.7 Å². The smallest absolute Gasteiger partial charge is 0.462 e. The van der Waals surface area contributed by atoms with Gasteiger partial charge in [0.05, 0.1) is 27.7 Å². The number of phosphoric ester groups is 1. The highest BCUT2D eigenvalue weighted by Gasteiger charge is 2.26. The molecule has 2 atom stereocenters. The van der Waals surface area contributed by atoms with Gasteiger partial charge in [-0.2, -0.15) is 0 Å². The van der Waals surface area contributed by atoms with Gasteiger partial charge in [0.1, 0.15) is 19.8 Å². The van der Waals surface area contributed by atoms with Crippen molar-refractivity contribution in [3.05, 3.63) is 36.5 Å². The molecular formula is C34H63NO8P+. The van der Waals surface area contributed by atoms with Gasteiger partial charge in [0.15, 0.2) is 6.10 Å². The molecule has 9 nitrogen and oxygen atoms in total. The number of nitrogens with zero attached hydrogens (tertiary/aromatic N) is 1. The average Bonchev–Trinajstić information content (AvgIpc) is 2.95. The molecule has 0 fully saturated rings. The third-order valence-electron chi connectivity index (χ3n) is 6.64. The predicted molar refractivity (Wildman–Crippen MR) is 178 cm³/mol. The molecule has 256 valence electrons. The van der Waals surface area contributed by atoms with Gasteiger partial charge in [-0.05, 0) is 51.4 Å². The zero-order chi connectivity index (χ0) is 32.9. The maximum Gasteiger partial charge on any atom is 0.472 e. The first kappa shape index (κ1) is 42.2. The lowest BCUT2D eigenvalue weighted by Crippen LogP contribution is -2.37. The second-order valence-corrected chi connectivity index (χ2v) is 13.7. The normalized spacial score (nSPS) is 14.4. The number of carbonyl (C=O) groups is 2. The molecule has 0 aromatic carbocycles. The van der Waals surface area contributed by atoms with Gasteiger partial charge in [0.2, 0.25) is 0 Å². The van der Waals surface area contributed by atoms with E-state index in [2.05, 4.69) is 43.4 Å². The van der Waals surface area contributed by atoms with Gasteiger partial charge in [-0.15, -0.1) is 0 Å². The lowest BCUT2D eigenvalue weighted by molar-refractivity contribution is -0.870. The zero-order valence-corrected chi connectivity index (χ0v) is 29.3. The Bertz CT molecular complexity index is 866. The first-order chi connectivity index (χ1) is 21.0. The fourth-order valence-electron chi connectivity index (χ4n) is 4.00. The van der Waals surface area contributed by atoms with Crippen molar-refractivity contribution in [3.8, 4) is 0 Å². The summed E-state index contributed by atoms with van der Waals surface area (Å²) < 4.78 is 33.4. The Morgan fingerprint density at radius 3 is 1.86 bits per heavy atom. The van der Waals surface area contributed by atoms with Crippen LogP contribution in [0, 0.1) is 0 Å². The molecule has 0 saturated carbocycles. The molecule has 0 spiro atoms. The Hall–Kier alpha value is -1.77. The summed E-state index contributed by atoms with van der Waals surface area (Å²) in [6.07, 6.45) is 27.8. The Morgan fingerprint density at radius 1 is 0.705 bits per heavy atom. The summed E-state index contributed by atoms with van der Waals surface area (Å²) in [5.74, 6) is -0.880. The van der Waals surface area contributed by atoms with Crippen molar-refractivity contribution >= 4 is 19.8 Å². The van der Waals surface area contributed by atoms with E-state index in [0.29, 0.717) is 23.9 Å². The first-order valence-electron chi connectivity index (χ1n) is 16.7. The van der Waals surface area contributed by atoms with Gasteiger partial charge >= 0.3 is 19.8 Å². The molecule has 0 aromatic heterocycles. The molecule has 2 unspecified atom stereocenters. The largest absolute Gasteiger partial charge is 0.472 e. The Morgan fingerprint density at radius 2 is 1.27 bits per heavy atom. The number of quaternary nitrogens is 1. The molecule has 0 aliphatic rings. The van der Waals surface area contributed by atoms with E-state index >= 15 is 0 Å². The molecule has 0 aliphatic heterocycles. The van der Waals surface area contributed by atoms with E-state index in [1.807, 2.05) is 28.1 Å². The summed E-state index contributed by atoms with van der Waals surface area (Å²) in [6.45, 7) is 3.96. The molecule has 0 radical (unpaired) electrons. The second-order valence-electron chi connectivity index (χ2n) is 12.2. The molecule has 0 aromatic rings. The third-order valence-corrected chi connectivity index (χ3v) is 7.63. The molecule has 1 N–H and O–H groups in total. The van der Waals surface area contributed by atoms with Gasteiger partial charge in [0, 0.05) is 12.8 Å². The third kappa shape index (κ3) is 30.3. The Labute approximate surface area is 268 Å². The van der Waals surface area contributed by atoms with E-state index in [4.69, 9.17) is 18.5 Å². The van der Waals surface area contributed by atoms with Gasteiger partial charge < -0.3 is 18.9 Å². The number of esters is 2. The Kier molecular flexibility index (Phi) is 26.4. The molecule has 0 bridgehead atoms. The standard InChI is InChI=1S/C34H62NO8P/c1-6-8-9-10-11-12-13-14-15-16-17-18-19-20-21-22-23-24-25-27-34(37)43-32(30-40-33(36)26-7-2)31-42-44(38,39)41-29-28-35(3,4)5/h11-12,14-15,17-18,32H,6-10,13,16,19-31H2,1-5H3/p+1/b12-11-,15-14-,18-17-. The monoisotopic (exact) mass is 644 g/mol. The first-order valence-corrected chi connectivity index (χ1v) is 18.2. The van der Waals surface area contributed by atoms with Crippen LogP contribution in [0.25, 0.3) is 0 Å². The van der Waals surface area contributed by atoms with Crippen molar-refractivity contribution < 1.29 is 42.1 Å². The Balaban J connectivity index is 4.15. The van der Waals surface area contributed by atoms with Crippen molar-refractivity contribution in [2.75, 3.05) is 47.5 Å². The van der Waals surface area contributed by atoms with Crippen LogP contribution in [0.1, 0.15) is 117 Å². The average molecular weight is 645 g/mol. The second kappa shape index (κ2) is 27.5. The SMILES string of the molecule is CCCCC/C=C\C/C=C\C/C=C\CCCCCCCCC(=O)OC(COC(=O)CCC)COP(=O)(O)OCC[N+](C)(C)C. The minimum Gasteiger partial charge on any atom is -0.462 e. The van der Waals surface area contributed by atoms with Gasteiger partial charge in [0.25, 0.3) is 0 Å². The maximum atomic E-state index is 12.4. The molecule has 0 saturated heterocycles. The van der Waals surface area contributed by atoms with Crippen LogP contribution in [0.4, 0.5) is 0 Å². The number of ether oxygens (including phenoxy) is 2. The summed E-state index contributed by atoms with van der Waals surface area (Å²) in [7, 11) is 1.45. The number of carbonyl (C=O) groups excluding carboxylic acids is 2. The number of likely N-dealkylation sites (N-methyl/N-ethyl adjacent to an activating group) is 1. The van der Waals surface area contributed by atoms with Gasteiger partial charge in [-0.25, -0.2) is 4.57 Å². The van der Waals surface area contributed by atoms with E-state index in [-0.39, 0.29) is 26.1 Å². The number of hydrogen-bond acceptors (Lipinski definition) is 7. The number of phosphoric acid groups is 1. The van der Waals surface area contributed by atoms with Gasteiger partial charge in [-0.1, -0.05) is 88.8 Å². The van der Waals surface area contributed by atoms with Crippen LogP contribution < -0.4 is 0 Å². The molecule has 0 amide bonds. The summed E-state index contributed by atoms with van der Waals surface area (Å²) in [4.78, 5) is 34.2. The van der Waals surface area contributed by atoms with Crippen molar-refractivity contribution in [2.45, 2.75) is 123 Å². The topological polar surface area (TPSA) is 108 Å². The van der Waals surface area contributed by atoms with Crippen LogP contribution in [0.3, 0.4) is 0 Å². The van der Waals surface area contributed by atoms with Crippen molar-refractivity contribution in [1.82, 2.24) is 0 Å². The van der Waals surface area contributed by atoms with Crippen LogP contribution in [0.5, 0.6) is 0 Å². The van der Waals surface area contributed by atoms with E-state index in [1.54, 1.807) is 0 Å². The van der Waals surface area contributed by atoms with Crippen LogP contribution in [-0.4, -0.2) is 74.9 Å². The number of unbranched alkanes of at least 4 members (excludes halogenated alkanes) is 9. The summed E-state index contributed by atoms with van der Waals surface area (Å²) in [6, 6.07) is 0. The van der Waals surface area contributed by atoms with E-state index in [9.17, 15) is 19.0 Å². The maximum absolute atomic E-state index is 12.4. The molecule has 44 heavy (non-hydrogen) atoms. The fraction of sp³-hybridized carbons (Fsp3) is 0.765. The van der Waals surface area contributed by atoms with Crippen LogP contribution >= 0.6 is 7.82 Å². The molecule has 0 heterocycles. The van der Waals surface area contributed by atoms with Gasteiger partial charge in [-0.3, -0.25) is 18.6 Å². The predicted octanol–water partition coefficient (Wildman–Crippen LogP) is 8.23. The molecule has 0 aliphatic carbocycles. The molecular weight excluding hydrogens is 581 g/mol. The van der Waals surface area contributed by atoms with E-state index in [0.717, 1.165) is 51.4 Å². The number of hydrogen-bond donors (Lipinski definition) is 1. The van der Waals surface area contributed by atoms with Crippen molar-refractivity contribution in [3.63, 3.8) is 0 Å². The van der Waals surface area contributed by atoms with Crippen molar-refractivity contribution in [1.29, 1.82) is 0 Å². The lowest BCUT2D eigenvalue weighted by Gasteiger charge is -2.24. The van der Waals surface area contributed by atoms with Crippen LogP contribution in [0.2, 0.25) is 0 Å². The highest BCUT2D eigenvalue weighted by atomic mass is 31.2. The fourth-order valence-corrected chi connectivity index (χ4v) is 4.74. The molecule has 10 heteroatoms. The number of allylic oxidation sites excluding steroid dienone is 6. The minimum absolute atomic E-state index is 0.0269. The summed E-state index contributed by atoms with van der Waals surface area (Å²) >= 11 is 0. The van der Waals surface area contributed by atoms with Crippen LogP contribution in [0.15, 0.2) is 36.5 Å². The summed E-state index contributed by atoms with van der Waals surface area (Å²) in [5, 5.41) is 0. The minimum atomic E-state index is -4.34. The van der Waals surface area contributed by atoms with E-state index < -0.39 is 32.5 Å². The lowest BCUT2D eigenvalue weighted by atomic mass is 10.1. The van der Waals surface area contributed by atoms with Crippen molar-refractivity contribution in [2.24, 2.45) is 0 Å².